The largest absolute Gasteiger partial charge is 0.317 e. The number of fused-ring (bicyclic) bond motifs is 1. The van der Waals surface area contributed by atoms with Gasteiger partial charge in [0.15, 0.2) is 0 Å². The molecule has 1 aromatic heterocycles. The van der Waals surface area contributed by atoms with Gasteiger partial charge in [-0.3, -0.25) is 0 Å². The maximum Gasteiger partial charge on any atom is 0.243 e. The minimum atomic E-state index is -3.67. The lowest BCUT2D eigenvalue weighted by Crippen LogP contribution is -2.37. The van der Waals surface area contributed by atoms with Gasteiger partial charge in [-0.2, -0.15) is 4.31 Å². The molecule has 8 heteroatoms. The van der Waals surface area contributed by atoms with E-state index < -0.39 is 15.8 Å². The number of aryl methyl sites for hydroxylation is 1. The molecule has 0 amide bonds. The van der Waals surface area contributed by atoms with E-state index in [9.17, 15) is 12.8 Å². The van der Waals surface area contributed by atoms with Gasteiger partial charge in [-0.15, -0.1) is 0 Å². The van der Waals surface area contributed by atoms with E-state index in [4.69, 9.17) is 4.98 Å². The molecule has 144 valence electrons. The van der Waals surface area contributed by atoms with Crippen LogP contribution in [0.1, 0.15) is 41.4 Å². The second-order valence-corrected chi connectivity index (χ2v) is 9.16. The van der Waals surface area contributed by atoms with Crippen LogP contribution in [-0.4, -0.2) is 42.3 Å². The SMILES string of the molecule is Cc1cc(S(=O)(=O)N2CCc3nc(C4CCNCC4)ncc3C2)ccc1F. The number of benzene rings is 1. The van der Waals surface area contributed by atoms with Crippen LogP contribution in [0, 0.1) is 12.7 Å². The van der Waals surface area contributed by atoms with Crippen molar-refractivity contribution in [3.8, 4) is 0 Å². The Balaban J connectivity index is 1.56. The molecule has 0 aliphatic carbocycles. The van der Waals surface area contributed by atoms with Gasteiger partial charge in [-0.25, -0.2) is 22.8 Å². The summed E-state index contributed by atoms with van der Waals surface area (Å²) in [7, 11) is -3.67. The lowest BCUT2D eigenvalue weighted by molar-refractivity contribution is 0.383. The van der Waals surface area contributed by atoms with Gasteiger partial charge >= 0.3 is 0 Å². The quantitative estimate of drug-likeness (QED) is 0.869. The van der Waals surface area contributed by atoms with E-state index in [0.29, 0.717) is 24.4 Å². The predicted molar refractivity (Wildman–Crippen MR) is 99.3 cm³/mol. The van der Waals surface area contributed by atoms with Gasteiger partial charge < -0.3 is 5.32 Å². The molecular formula is C19H23FN4O2S. The maximum atomic E-state index is 13.5. The van der Waals surface area contributed by atoms with Gasteiger partial charge in [0, 0.05) is 42.9 Å². The Labute approximate surface area is 158 Å². The van der Waals surface area contributed by atoms with Crippen LogP contribution in [0.5, 0.6) is 0 Å². The van der Waals surface area contributed by atoms with Crippen molar-refractivity contribution in [2.75, 3.05) is 19.6 Å². The predicted octanol–water partition coefficient (Wildman–Crippen LogP) is 2.14. The van der Waals surface area contributed by atoms with Crippen molar-refractivity contribution in [3.05, 3.63) is 52.9 Å². The van der Waals surface area contributed by atoms with Gasteiger partial charge in [-0.05, 0) is 56.6 Å². The van der Waals surface area contributed by atoms with Crippen molar-refractivity contribution in [1.82, 2.24) is 19.6 Å². The van der Waals surface area contributed by atoms with Gasteiger partial charge in [0.25, 0.3) is 0 Å². The second kappa shape index (κ2) is 7.26. The average Bonchev–Trinajstić information content (AvgIpc) is 2.69. The third-order valence-electron chi connectivity index (χ3n) is 5.39. The summed E-state index contributed by atoms with van der Waals surface area (Å²) >= 11 is 0. The normalized spacial score (nSPS) is 19.0. The van der Waals surface area contributed by atoms with Gasteiger partial charge in [0.1, 0.15) is 11.6 Å². The van der Waals surface area contributed by atoms with Crippen molar-refractivity contribution in [3.63, 3.8) is 0 Å². The van der Waals surface area contributed by atoms with Crippen LogP contribution < -0.4 is 5.32 Å². The number of rotatable bonds is 3. The molecule has 1 saturated heterocycles. The van der Waals surface area contributed by atoms with Crippen LogP contribution in [-0.2, 0) is 23.0 Å². The first-order chi connectivity index (χ1) is 12.9. The zero-order valence-electron chi connectivity index (χ0n) is 15.3. The van der Waals surface area contributed by atoms with E-state index in [-0.39, 0.29) is 11.4 Å². The summed E-state index contributed by atoms with van der Waals surface area (Å²) < 4.78 is 40.8. The van der Waals surface area contributed by atoms with Crippen LogP contribution in [0.4, 0.5) is 4.39 Å². The minimum Gasteiger partial charge on any atom is -0.317 e. The highest BCUT2D eigenvalue weighted by molar-refractivity contribution is 7.89. The standard InChI is InChI=1S/C19H23FN4O2S/c1-13-10-16(2-3-17(13)20)27(25,26)24-9-6-18-15(12-24)11-22-19(23-18)14-4-7-21-8-5-14/h2-3,10-11,14,21H,4-9,12H2,1H3. The topological polar surface area (TPSA) is 75.2 Å². The summed E-state index contributed by atoms with van der Waals surface area (Å²) in [6.07, 6.45) is 4.40. The van der Waals surface area contributed by atoms with Gasteiger partial charge in [-0.1, -0.05) is 0 Å². The van der Waals surface area contributed by atoms with E-state index in [0.717, 1.165) is 43.0 Å². The number of hydrogen-bond acceptors (Lipinski definition) is 5. The number of hydrogen-bond donors (Lipinski definition) is 1. The molecule has 0 unspecified atom stereocenters. The lowest BCUT2D eigenvalue weighted by Gasteiger charge is -2.28. The molecule has 0 radical (unpaired) electrons. The molecule has 0 spiro atoms. The molecule has 27 heavy (non-hydrogen) atoms. The third kappa shape index (κ3) is 3.61. The fourth-order valence-electron chi connectivity index (χ4n) is 3.71. The minimum absolute atomic E-state index is 0.122. The van der Waals surface area contributed by atoms with Gasteiger partial charge in [0.2, 0.25) is 10.0 Å². The Morgan fingerprint density at radius 3 is 2.78 bits per heavy atom. The second-order valence-electron chi connectivity index (χ2n) is 7.22. The van der Waals surface area contributed by atoms with Crippen molar-refractivity contribution in [1.29, 1.82) is 0 Å². The first-order valence-electron chi connectivity index (χ1n) is 9.27. The molecule has 6 nitrogen and oxygen atoms in total. The molecule has 4 rings (SSSR count). The Morgan fingerprint density at radius 1 is 1.26 bits per heavy atom. The fraction of sp³-hybridized carbons (Fsp3) is 0.474. The van der Waals surface area contributed by atoms with E-state index in [1.54, 1.807) is 13.1 Å². The number of aromatic nitrogens is 2. The van der Waals surface area contributed by atoms with Crippen LogP contribution >= 0.6 is 0 Å². The number of nitrogens with zero attached hydrogens (tertiary/aromatic N) is 3. The third-order valence-corrected chi connectivity index (χ3v) is 7.23. The summed E-state index contributed by atoms with van der Waals surface area (Å²) in [5.74, 6) is 0.845. The lowest BCUT2D eigenvalue weighted by atomic mass is 9.96. The smallest absolute Gasteiger partial charge is 0.243 e. The zero-order valence-corrected chi connectivity index (χ0v) is 16.1. The summed E-state index contributed by atoms with van der Waals surface area (Å²) in [4.78, 5) is 9.38. The molecule has 0 bridgehead atoms. The maximum absolute atomic E-state index is 13.5. The summed E-state index contributed by atoms with van der Waals surface area (Å²) in [5.41, 5.74) is 2.12. The van der Waals surface area contributed by atoms with E-state index in [1.807, 2.05) is 0 Å². The van der Waals surface area contributed by atoms with E-state index in [2.05, 4.69) is 10.3 Å². The first-order valence-corrected chi connectivity index (χ1v) is 10.7. The Bertz CT molecular complexity index is 958. The first kappa shape index (κ1) is 18.5. The highest BCUT2D eigenvalue weighted by atomic mass is 32.2. The monoisotopic (exact) mass is 390 g/mol. The highest BCUT2D eigenvalue weighted by Gasteiger charge is 2.30. The van der Waals surface area contributed by atoms with Crippen LogP contribution in [0.25, 0.3) is 0 Å². The molecule has 0 atom stereocenters. The molecule has 1 N–H and O–H groups in total. The van der Waals surface area contributed by atoms with E-state index in [1.165, 1.54) is 22.5 Å². The Kier molecular flexibility index (Phi) is 4.96. The molecular weight excluding hydrogens is 367 g/mol. The van der Waals surface area contributed by atoms with Gasteiger partial charge in [0.05, 0.1) is 4.90 Å². The summed E-state index contributed by atoms with van der Waals surface area (Å²) in [6, 6.07) is 3.91. The van der Waals surface area contributed by atoms with Crippen LogP contribution in [0.3, 0.4) is 0 Å². The van der Waals surface area contributed by atoms with Crippen molar-refractivity contribution >= 4 is 10.0 Å². The number of halogens is 1. The molecule has 1 aromatic carbocycles. The van der Waals surface area contributed by atoms with Crippen LogP contribution in [0.15, 0.2) is 29.3 Å². The Hall–Kier alpha value is -1.90. The number of piperidine rings is 1. The molecule has 2 aliphatic rings. The number of sulfonamides is 1. The van der Waals surface area contributed by atoms with E-state index >= 15 is 0 Å². The van der Waals surface area contributed by atoms with Crippen molar-refractivity contribution in [2.24, 2.45) is 0 Å². The van der Waals surface area contributed by atoms with Crippen molar-refractivity contribution < 1.29 is 12.8 Å². The van der Waals surface area contributed by atoms with Crippen molar-refractivity contribution in [2.45, 2.75) is 43.5 Å². The average molecular weight is 390 g/mol. The Morgan fingerprint density at radius 2 is 2.04 bits per heavy atom. The molecule has 2 aromatic rings. The molecule has 2 aliphatic heterocycles. The molecule has 0 saturated carbocycles. The molecule has 3 heterocycles. The summed E-state index contributed by atoms with van der Waals surface area (Å²) in [6.45, 7) is 4.15. The highest BCUT2D eigenvalue weighted by Crippen LogP contribution is 2.27. The fourth-order valence-corrected chi connectivity index (χ4v) is 5.22. The zero-order chi connectivity index (χ0) is 19.0. The summed E-state index contributed by atoms with van der Waals surface area (Å²) in [5, 5.41) is 3.34. The molecule has 1 fully saturated rings. The number of nitrogens with one attached hydrogen (secondary N) is 1. The van der Waals surface area contributed by atoms with Crippen LogP contribution in [0.2, 0.25) is 0 Å².